The third-order valence-corrected chi connectivity index (χ3v) is 6.74. The lowest BCUT2D eigenvalue weighted by Crippen LogP contribution is -2.45. The van der Waals surface area contributed by atoms with Gasteiger partial charge in [0.1, 0.15) is 18.2 Å². The zero-order valence-electron chi connectivity index (χ0n) is 17.9. The summed E-state index contributed by atoms with van der Waals surface area (Å²) in [4.78, 5) is 18.0. The first-order chi connectivity index (χ1) is 15.1. The zero-order valence-corrected chi connectivity index (χ0v) is 18.7. The molecule has 3 heterocycles. The van der Waals surface area contributed by atoms with Crippen molar-refractivity contribution in [1.29, 1.82) is 0 Å². The number of hydrogen-bond acceptors (Lipinski definition) is 4. The summed E-state index contributed by atoms with van der Waals surface area (Å²) in [6.07, 6.45) is 2.73. The Morgan fingerprint density at radius 3 is 2.47 bits per heavy atom. The minimum absolute atomic E-state index is 0. The van der Waals surface area contributed by atoms with Gasteiger partial charge < -0.3 is 19.4 Å². The molecule has 2 saturated heterocycles. The molecule has 2 atom stereocenters. The first-order valence-corrected chi connectivity index (χ1v) is 11.1. The van der Waals surface area contributed by atoms with E-state index in [2.05, 4.69) is 9.80 Å². The largest absolute Gasteiger partial charge is 0.448 e. The highest BCUT2D eigenvalue weighted by molar-refractivity contribution is 5.85. The number of anilines is 2. The molecular weight excluding hydrogens is 436 g/mol. The summed E-state index contributed by atoms with van der Waals surface area (Å²) >= 11 is 0. The lowest BCUT2D eigenvalue weighted by atomic mass is 9.89. The van der Waals surface area contributed by atoms with Gasteiger partial charge in [-0.25, -0.2) is 13.6 Å². The second-order valence-electron chi connectivity index (χ2n) is 8.62. The van der Waals surface area contributed by atoms with Gasteiger partial charge >= 0.3 is 6.09 Å². The van der Waals surface area contributed by atoms with Crippen molar-refractivity contribution in [3.63, 3.8) is 0 Å². The van der Waals surface area contributed by atoms with Gasteiger partial charge in [0.25, 0.3) is 0 Å². The number of amides is 1. The maximum absolute atomic E-state index is 14.1. The number of unbranched alkanes of at least 4 members (excludes halogenated alkanes) is 1. The van der Waals surface area contributed by atoms with E-state index in [4.69, 9.17) is 4.74 Å². The van der Waals surface area contributed by atoms with Crippen molar-refractivity contribution in [1.82, 2.24) is 9.80 Å². The first kappa shape index (κ1) is 22.8. The number of cyclic esters (lactones) is 1. The quantitative estimate of drug-likeness (QED) is 0.569. The number of ether oxygens (including phenoxy) is 1. The molecule has 2 fully saturated rings. The summed E-state index contributed by atoms with van der Waals surface area (Å²) in [6, 6.07) is 11.9. The number of nitrogens with zero attached hydrogens (tertiary/aromatic N) is 3. The predicted octanol–water partition coefficient (Wildman–Crippen LogP) is 4.93. The molecule has 32 heavy (non-hydrogen) atoms. The molecule has 0 aromatic heterocycles. The van der Waals surface area contributed by atoms with Crippen LogP contribution in [0, 0.1) is 11.6 Å². The monoisotopic (exact) mass is 463 g/mol. The number of likely N-dealkylation sites (tertiary alicyclic amines) is 1. The number of benzene rings is 2. The number of hydrogen-bond donors (Lipinski definition) is 0. The Balaban J connectivity index is 0.00000245. The van der Waals surface area contributed by atoms with Crippen LogP contribution in [0.15, 0.2) is 42.5 Å². The van der Waals surface area contributed by atoms with Gasteiger partial charge in [0.15, 0.2) is 0 Å². The first-order valence-electron chi connectivity index (χ1n) is 11.1. The molecule has 8 heteroatoms. The van der Waals surface area contributed by atoms with Crippen molar-refractivity contribution >= 4 is 29.9 Å². The van der Waals surface area contributed by atoms with Gasteiger partial charge in [-0.2, -0.15) is 0 Å². The van der Waals surface area contributed by atoms with Gasteiger partial charge in [-0.15, -0.1) is 12.4 Å². The molecule has 0 N–H and O–H groups in total. The van der Waals surface area contributed by atoms with Crippen LogP contribution in [-0.2, 0) is 4.74 Å². The molecule has 3 aliphatic rings. The second kappa shape index (κ2) is 9.63. The van der Waals surface area contributed by atoms with E-state index in [0.29, 0.717) is 13.2 Å². The van der Waals surface area contributed by atoms with Crippen LogP contribution in [0.2, 0.25) is 0 Å². The van der Waals surface area contributed by atoms with Crippen LogP contribution in [-0.4, -0.2) is 61.3 Å². The van der Waals surface area contributed by atoms with Gasteiger partial charge in [-0.1, -0.05) is 0 Å². The van der Waals surface area contributed by atoms with Crippen molar-refractivity contribution in [3.05, 3.63) is 59.7 Å². The molecule has 2 aromatic rings. The van der Waals surface area contributed by atoms with Crippen molar-refractivity contribution in [2.45, 2.75) is 31.2 Å². The fraction of sp³-hybridized carbons (Fsp3) is 0.458. The van der Waals surface area contributed by atoms with E-state index < -0.39 is 0 Å². The van der Waals surface area contributed by atoms with E-state index in [0.717, 1.165) is 62.4 Å². The van der Waals surface area contributed by atoms with Gasteiger partial charge in [-0.05, 0) is 73.8 Å². The average molecular weight is 464 g/mol. The Morgan fingerprint density at radius 2 is 1.72 bits per heavy atom. The Morgan fingerprint density at radius 1 is 0.969 bits per heavy atom. The molecule has 1 amide bonds. The highest BCUT2D eigenvalue weighted by Crippen LogP contribution is 2.48. The molecule has 5 rings (SSSR count). The van der Waals surface area contributed by atoms with Gasteiger partial charge in [0.2, 0.25) is 0 Å². The standard InChI is InChI=1S/C24H27F2N3O2.ClH/c25-17-3-6-19(7-4-17)29-22-8-5-18(26)15-20(22)21-16-27(12-9-23(21)29)10-1-2-11-28-13-14-31-24(28)30;/h3-8,15,21,23H,1-2,9-14,16H2;1H. The number of halogens is 3. The van der Waals surface area contributed by atoms with Crippen LogP contribution < -0.4 is 4.90 Å². The summed E-state index contributed by atoms with van der Waals surface area (Å²) < 4.78 is 32.6. The van der Waals surface area contributed by atoms with Crippen LogP contribution in [0.1, 0.15) is 30.7 Å². The minimum Gasteiger partial charge on any atom is -0.448 e. The summed E-state index contributed by atoms with van der Waals surface area (Å²) in [6.45, 7) is 4.74. The third kappa shape index (κ3) is 4.41. The molecule has 0 aliphatic carbocycles. The molecule has 0 bridgehead atoms. The van der Waals surface area contributed by atoms with E-state index >= 15 is 0 Å². The average Bonchev–Trinajstić information content (AvgIpc) is 3.32. The number of fused-ring (bicyclic) bond motifs is 3. The van der Waals surface area contributed by atoms with Crippen LogP contribution in [0.4, 0.5) is 25.0 Å². The molecule has 172 valence electrons. The highest BCUT2D eigenvalue weighted by Gasteiger charge is 2.42. The number of carbonyl (C=O) groups excluding carboxylic acids is 1. The summed E-state index contributed by atoms with van der Waals surface area (Å²) in [7, 11) is 0. The van der Waals surface area contributed by atoms with Gasteiger partial charge in [0.05, 0.1) is 6.54 Å². The van der Waals surface area contributed by atoms with E-state index in [-0.39, 0.29) is 42.1 Å². The van der Waals surface area contributed by atoms with Crippen LogP contribution in [0.3, 0.4) is 0 Å². The number of rotatable bonds is 6. The fourth-order valence-electron chi connectivity index (χ4n) is 5.24. The zero-order chi connectivity index (χ0) is 21.4. The van der Waals surface area contributed by atoms with E-state index in [1.165, 1.54) is 18.2 Å². The topological polar surface area (TPSA) is 36.0 Å². The van der Waals surface area contributed by atoms with Crippen molar-refractivity contribution in [2.75, 3.05) is 44.2 Å². The maximum atomic E-state index is 14.1. The van der Waals surface area contributed by atoms with Crippen LogP contribution in [0.5, 0.6) is 0 Å². The SMILES string of the molecule is Cl.O=C1OCCN1CCCCN1CCC2C(C1)c1cc(F)ccc1N2c1ccc(F)cc1. The maximum Gasteiger partial charge on any atom is 0.409 e. The van der Waals surface area contributed by atoms with E-state index in [1.807, 2.05) is 6.07 Å². The summed E-state index contributed by atoms with van der Waals surface area (Å²) in [5.41, 5.74) is 3.02. The molecule has 2 aromatic carbocycles. The highest BCUT2D eigenvalue weighted by atomic mass is 35.5. The lowest BCUT2D eigenvalue weighted by molar-refractivity contribution is 0.156. The lowest BCUT2D eigenvalue weighted by Gasteiger charge is -2.39. The molecule has 5 nitrogen and oxygen atoms in total. The van der Waals surface area contributed by atoms with Gasteiger partial charge in [-0.3, -0.25) is 0 Å². The molecule has 0 saturated carbocycles. The van der Waals surface area contributed by atoms with Crippen molar-refractivity contribution in [3.8, 4) is 0 Å². The fourth-order valence-corrected chi connectivity index (χ4v) is 5.24. The van der Waals surface area contributed by atoms with E-state index in [9.17, 15) is 13.6 Å². The van der Waals surface area contributed by atoms with Crippen molar-refractivity contribution < 1.29 is 18.3 Å². The van der Waals surface area contributed by atoms with Crippen LogP contribution >= 0.6 is 12.4 Å². The molecule has 0 spiro atoms. The summed E-state index contributed by atoms with van der Waals surface area (Å²) in [5.74, 6) is -0.248. The molecule has 2 unspecified atom stereocenters. The number of carbonyl (C=O) groups is 1. The van der Waals surface area contributed by atoms with E-state index in [1.54, 1.807) is 23.1 Å². The molecule has 3 aliphatic heterocycles. The summed E-state index contributed by atoms with van der Waals surface area (Å²) in [5, 5.41) is 0. The smallest absolute Gasteiger partial charge is 0.409 e. The molecule has 0 radical (unpaired) electrons. The normalized spacial score (nSPS) is 22.4. The Kier molecular flexibility index (Phi) is 6.86. The third-order valence-electron chi connectivity index (χ3n) is 6.74. The Hall–Kier alpha value is -2.38. The predicted molar refractivity (Wildman–Crippen MR) is 122 cm³/mol. The minimum atomic E-state index is -0.254. The Labute approximate surface area is 193 Å². The van der Waals surface area contributed by atoms with Gasteiger partial charge in [0, 0.05) is 43.0 Å². The van der Waals surface area contributed by atoms with Crippen molar-refractivity contribution in [2.24, 2.45) is 0 Å². The second-order valence-corrected chi connectivity index (χ2v) is 8.62. The molecular formula is C24H28ClF2N3O2. The number of piperidine rings is 1. The Bertz CT molecular complexity index is 959. The van der Waals surface area contributed by atoms with Crippen LogP contribution in [0.25, 0.3) is 0 Å².